The molecule has 18 heavy (non-hydrogen) atoms. The Hall–Kier alpha value is -2.02. The van der Waals surface area contributed by atoms with Crippen LogP contribution < -0.4 is 0 Å². The summed E-state index contributed by atoms with van der Waals surface area (Å²) in [5, 5.41) is 17.5. The van der Waals surface area contributed by atoms with Gasteiger partial charge in [0.25, 0.3) is 5.69 Å². The van der Waals surface area contributed by atoms with E-state index in [1.54, 1.807) is 12.1 Å². The van der Waals surface area contributed by atoms with Crippen molar-refractivity contribution in [2.45, 2.75) is 19.9 Å². The van der Waals surface area contributed by atoms with E-state index >= 15 is 0 Å². The normalized spacial score (nSPS) is 10.8. The van der Waals surface area contributed by atoms with Crippen molar-refractivity contribution in [3.63, 3.8) is 0 Å². The summed E-state index contributed by atoms with van der Waals surface area (Å²) in [6.45, 7) is 4.00. The smallest absolute Gasteiger partial charge is 0.269 e. The molecular formula is C11H12N4O2S. The van der Waals surface area contributed by atoms with E-state index in [9.17, 15) is 10.1 Å². The van der Waals surface area contributed by atoms with Crippen LogP contribution in [0.25, 0.3) is 11.4 Å². The topological polar surface area (TPSA) is 76.8 Å². The molecule has 7 heteroatoms. The molecule has 0 spiro atoms. The quantitative estimate of drug-likeness (QED) is 0.525. The van der Waals surface area contributed by atoms with Gasteiger partial charge in [-0.3, -0.25) is 19.8 Å². The lowest BCUT2D eigenvalue weighted by molar-refractivity contribution is -0.384. The standard InChI is InChI=1S/C11H12N4O2S/c1-7(2)14-10(12-13-11(14)18)8-3-5-9(6-4-8)15(16)17/h3-7H,1-2H3,(H,13,18). The van der Waals surface area contributed by atoms with Gasteiger partial charge in [0.05, 0.1) is 4.92 Å². The van der Waals surface area contributed by atoms with Gasteiger partial charge in [-0.2, -0.15) is 5.10 Å². The number of H-pyrrole nitrogens is 1. The number of nitrogens with zero attached hydrogens (tertiary/aromatic N) is 3. The number of aromatic nitrogens is 3. The highest BCUT2D eigenvalue weighted by Crippen LogP contribution is 2.23. The molecule has 1 aromatic carbocycles. The van der Waals surface area contributed by atoms with Crippen LogP contribution in [0.15, 0.2) is 24.3 Å². The molecule has 1 heterocycles. The van der Waals surface area contributed by atoms with Crippen LogP contribution in [0.2, 0.25) is 0 Å². The van der Waals surface area contributed by atoms with Gasteiger partial charge in [0.1, 0.15) is 0 Å². The SMILES string of the molecule is CC(C)n1c(-c2ccc([N+](=O)[O-])cc2)n[nH]c1=S. The summed E-state index contributed by atoms with van der Waals surface area (Å²) in [4.78, 5) is 10.2. The van der Waals surface area contributed by atoms with E-state index < -0.39 is 4.92 Å². The van der Waals surface area contributed by atoms with Gasteiger partial charge in [-0.25, -0.2) is 0 Å². The number of benzene rings is 1. The van der Waals surface area contributed by atoms with Crippen molar-refractivity contribution in [2.24, 2.45) is 0 Å². The number of hydrogen-bond acceptors (Lipinski definition) is 4. The molecule has 94 valence electrons. The van der Waals surface area contributed by atoms with Crippen LogP contribution in [0.5, 0.6) is 0 Å². The van der Waals surface area contributed by atoms with Crippen LogP contribution in [0.4, 0.5) is 5.69 Å². The molecule has 0 amide bonds. The summed E-state index contributed by atoms with van der Waals surface area (Å²) in [5.74, 6) is 0.685. The number of aromatic amines is 1. The van der Waals surface area contributed by atoms with Crippen LogP contribution in [0, 0.1) is 14.9 Å². The minimum Gasteiger partial charge on any atom is -0.298 e. The van der Waals surface area contributed by atoms with E-state index in [1.165, 1.54) is 12.1 Å². The van der Waals surface area contributed by atoms with Crippen LogP contribution in [0.3, 0.4) is 0 Å². The molecule has 0 atom stereocenters. The zero-order valence-corrected chi connectivity index (χ0v) is 10.8. The number of non-ortho nitro benzene ring substituents is 1. The highest BCUT2D eigenvalue weighted by atomic mass is 32.1. The first kappa shape index (κ1) is 12.4. The molecule has 1 aromatic heterocycles. The van der Waals surface area contributed by atoms with E-state index in [2.05, 4.69) is 10.2 Å². The van der Waals surface area contributed by atoms with Crippen molar-refractivity contribution in [3.05, 3.63) is 39.2 Å². The Kier molecular flexibility index (Phi) is 3.24. The Morgan fingerprint density at radius 2 is 2.00 bits per heavy atom. The van der Waals surface area contributed by atoms with E-state index in [-0.39, 0.29) is 11.7 Å². The highest BCUT2D eigenvalue weighted by Gasteiger charge is 2.12. The maximum absolute atomic E-state index is 10.6. The molecule has 0 aliphatic heterocycles. The summed E-state index contributed by atoms with van der Waals surface area (Å²) >= 11 is 5.15. The Morgan fingerprint density at radius 3 is 2.50 bits per heavy atom. The first-order valence-corrected chi connectivity index (χ1v) is 5.83. The molecule has 2 rings (SSSR count). The maximum atomic E-state index is 10.6. The highest BCUT2D eigenvalue weighted by molar-refractivity contribution is 7.71. The second kappa shape index (κ2) is 4.69. The average molecular weight is 264 g/mol. The van der Waals surface area contributed by atoms with Gasteiger partial charge in [0.2, 0.25) is 0 Å². The third-order valence-corrected chi connectivity index (χ3v) is 2.85. The van der Waals surface area contributed by atoms with Crippen molar-refractivity contribution < 1.29 is 4.92 Å². The van der Waals surface area contributed by atoms with E-state index in [1.807, 2.05) is 18.4 Å². The second-order valence-electron chi connectivity index (χ2n) is 4.12. The van der Waals surface area contributed by atoms with Crippen LogP contribution >= 0.6 is 12.2 Å². The lowest BCUT2D eigenvalue weighted by Gasteiger charge is -2.09. The Morgan fingerprint density at radius 1 is 1.39 bits per heavy atom. The van der Waals surface area contributed by atoms with Gasteiger partial charge in [0, 0.05) is 23.7 Å². The molecule has 0 saturated carbocycles. The maximum Gasteiger partial charge on any atom is 0.269 e. The van der Waals surface area contributed by atoms with Gasteiger partial charge in [0.15, 0.2) is 10.6 Å². The third-order valence-electron chi connectivity index (χ3n) is 2.56. The summed E-state index contributed by atoms with van der Waals surface area (Å²) in [7, 11) is 0. The Labute approximate surface area is 108 Å². The second-order valence-corrected chi connectivity index (χ2v) is 4.51. The van der Waals surface area contributed by atoms with Crippen molar-refractivity contribution in [2.75, 3.05) is 0 Å². The molecule has 1 N–H and O–H groups in total. The van der Waals surface area contributed by atoms with Crippen molar-refractivity contribution in [3.8, 4) is 11.4 Å². The van der Waals surface area contributed by atoms with Crippen LogP contribution in [-0.2, 0) is 0 Å². The zero-order valence-electron chi connectivity index (χ0n) is 9.95. The molecule has 0 bridgehead atoms. The molecule has 0 saturated heterocycles. The summed E-state index contributed by atoms with van der Waals surface area (Å²) < 4.78 is 2.41. The van der Waals surface area contributed by atoms with Crippen molar-refractivity contribution in [1.29, 1.82) is 0 Å². The molecule has 0 unspecified atom stereocenters. The summed E-state index contributed by atoms with van der Waals surface area (Å²) in [5.41, 5.74) is 0.852. The number of rotatable bonds is 3. The van der Waals surface area contributed by atoms with E-state index in [0.29, 0.717) is 10.6 Å². The Balaban J connectivity index is 2.49. The number of nitrogens with one attached hydrogen (secondary N) is 1. The molecule has 0 aliphatic rings. The summed E-state index contributed by atoms with van der Waals surface area (Å²) in [6, 6.07) is 6.42. The number of nitro benzene ring substituents is 1. The largest absolute Gasteiger partial charge is 0.298 e. The average Bonchev–Trinajstić information content (AvgIpc) is 2.71. The Bertz CT molecular complexity index is 627. The van der Waals surface area contributed by atoms with Gasteiger partial charge in [-0.05, 0) is 38.2 Å². The predicted octanol–water partition coefficient (Wildman–Crippen LogP) is 3.10. The minimum atomic E-state index is -0.427. The van der Waals surface area contributed by atoms with Gasteiger partial charge >= 0.3 is 0 Å². The van der Waals surface area contributed by atoms with Crippen molar-refractivity contribution >= 4 is 17.9 Å². The first-order valence-electron chi connectivity index (χ1n) is 5.42. The van der Waals surface area contributed by atoms with Crippen molar-refractivity contribution in [1.82, 2.24) is 14.8 Å². The van der Waals surface area contributed by atoms with Crippen LogP contribution in [0.1, 0.15) is 19.9 Å². The fourth-order valence-corrected chi connectivity index (χ4v) is 2.06. The molecule has 6 nitrogen and oxygen atoms in total. The molecule has 2 aromatic rings. The van der Waals surface area contributed by atoms with Gasteiger partial charge in [-0.15, -0.1) is 0 Å². The van der Waals surface area contributed by atoms with E-state index in [0.717, 1.165) is 5.56 Å². The molecule has 0 aliphatic carbocycles. The lowest BCUT2D eigenvalue weighted by atomic mass is 10.2. The summed E-state index contributed by atoms with van der Waals surface area (Å²) in [6.07, 6.45) is 0. The predicted molar refractivity (Wildman–Crippen MR) is 69.9 cm³/mol. The molecular weight excluding hydrogens is 252 g/mol. The third kappa shape index (κ3) is 2.17. The van der Waals surface area contributed by atoms with Crippen LogP contribution in [-0.4, -0.2) is 19.7 Å². The minimum absolute atomic E-state index is 0.0592. The number of hydrogen-bond donors (Lipinski definition) is 1. The van der Waals surface area contributed by atoms with E-state index in [4.69, 9.17) is 12.2 Å². The monoisotopic (exact) mass is 264 g/mol. The zero-order chi connectivity index (χ0) is 13.3. The fraction of sp³-hybridized carbons (Fsp3) is 0.273. The van der Waals surface area contributed by atoms with Gasteiger partial charge < -0.3 is 0 Å². The molecule has 0 radical (unpaired) electrons. The lowest BCUT2D eigenvalue weighted by Crippen LogP contribution is -2.03. The van der Waals surface area contributed by atoms with Gasteiger partial charge in [-0.1, -0.05) is 0 Å². The number of nitro groups is 1. The first-order chi connectivity index (χ1) is 8.50. The molecule has 0 fully saturated rings. The fourth-order valence-electron chi connectivity index (χ4n) is 1.72.